The minimum absolute atomic E-state index is 0.113. The molecule has 0 saturated heterocycles. The number of hydrogen-bond donors (Lipinski definition) is 2. The lowest BCUT2D eigenvalue weighted by Gasteiger charge is -2.14. The first-order valence-electron chi connectivity index (χ1n) is 7.21. The molecule has 5 heteroatoms. The van der Waals surface area contributed by atoms with Gasteiger partial charge >= 0.3 is 6.03 Å². The van der Waals surface area contributed by atoms with Gasteiger partial charge in [-0.25, -0.2) is 4.79 Å². The van der Waals surface area contributed by atoms with E-state index in [0.717, 1.165) is 29.6 Å². The van der Waals surface area contributed by atoms with Crippen LogP contribution in [0, 0.1) is 11.3 Å². The Balaban J connectivity index is 2.08. The second-order valence-corrected chi connectivity index (χ2v) is 4.94. The Hall–Kier alpha value is -2.48. The van der Waals surface area contributed by atoms with Gasteiger partial charge in [-0.05, 0) is 36.9 Å². The highest BCUT2D eigenvalue weighted by Crippen LogP contribution is 2.20. The Morgan fingerprint density at radius 1 is 1.38 bits per heavy atom. The zero-order valence-electron chi connectivity index (χ0n) is 12.4. The summed E-state index contributed by atoms with van der Waals surface area (Å²) in [6.45, 7) is 4.92. The Morgan fingerprint density at radius 2 is 2.19 bits per heavy atom. The predicted octanol–water partition coefficient (Wildman–Crippen LogP) is 3.47. The van der Waals surface area contributed by atoms with Gasteiger partial charge in [-0.1, -0.05) is 13.0 Å². The molecule has 5 nitrogen and oxygen atoms in total. The molecule has 0 aliphatic rings. The summed E-state index contributed by atoms with van der Waals surface area (Å²) in [5, 5.41) is 15.5. The standard InChI is InChI=1S/C16H20N4O/c1-3-13(7-9-17)18-16(21)19-14-6-5-12-8-10-20(4-2)15(12)11-14/h5-6,8,10-11,13H,3-4,7H2,1-2H3,(H2,18,19,21). The van der Waals surface area contributed by atoms with Crippen molar-refractivity contribution in [3.8, 4) is 6.07 Å². The molecule has 0 aliphatic heterocycles. The van der Waals surface area contributed by atoms with E-state index < -0.39 is 0 Å². The molecule has 0 radical (unpaired) electrons. The van der Waals surface area contributed by atoms with Crippen LogP contribution in [-0.4, -0.2) is 16.6 Å². The molecule has 1 aromatic carbocycles. The highest BCUT2D eigenvalue weighted by atomic mass is 16.2. The normalized spacial score (nSPS) is 11.9. The maximum absolute atomic E-state index is 11.9. The molecular weight excluding hydrogens is 264 g/mol. The van der Waals surface area contributed by atoms with Crippen molar-refractivity contribution in [1.29, 1.82) is 5.26 Å². The lowest BCUT2D eigenvalue weighted by molar-refractivity contribution is 0.248. The molecule has 21 heavy (non-hydrogen) atoms. The number of nitrogens with one attached hydrogen (secondary N) is 2. The van der Waals surface area contributed by atoms with Crippen molar-refractivity contribution < 1.29 is 4.79 Å². The molecule has 2 aromatic rings. The second-order valence-electron chi connectivity index (χ2n) is 4.94. The minimum Gasteiger partial charge on any atom is -0.348 e. The van der Waals surface area contributed by atoms with E-state index in [0.29, 0.717) is 6.42 Å². The Bertz CT molecular complexity index is 668. The quantitative estimate of drug-likeness (QED) is 0.882. The van der Waals surface area contributed by atoms with Gasteiger partial charge in [0, 0.05) is 24.5 Å². The van der Waals surface area contributed by atoms with Crippen molar-refractivity contribution in [2.45, 2.75) is 39.3 Å². The topological polar surface area (TPSA) is 69.8 Å². The number of anilines is 1. The molecule has 1 atom stereocenters. The van der Waals surface area contributed by atoms with Crippen molar-refractivity contribution in [3.63, 3.8) is 0 Å². The summed E-state index contributed by atoms with van der Waals surface area (Å²) in [7, 11) is 0. The lowest BCUT2D eigenvalue weighted by Crippen LogP contribution is -2.37. The maximum atomic E-state index is 11.9. The number of aryl methyl sites for hydroxylation is 1. The van der Waals surface area contributed by atoms with Crippen molar-refractivity contribution in [2.75, 3.05) is 5.32 Å². The number of benzene rings is 1. The largest absolute Gasteiger partial charge is 0.348 e. The van der Waals surface area contributed by atoms with Crippen LogP contribution in [0.5, 0.6) is 0 Å². The van der Waals surface area contributed by atoms with Crippen LogP contribution in [0.4, 0.5) is 10.5 Å². The van der Waals surface area contributed by atoms with Crippen LogP contribution in [0.15, 0.2) is 30.5 Å². The summed E-state index contributed by atoms with van der Waals surface area (Å²) < 4.78 is 2.13. The molecule has 0 aliphatic carbocycles. The average Bonchev–Trinajstić information content (AvgIpc) is 2.89. The number of amides is 2. The zero-order valence-corrected chi connectivity index (χ0v) is 12.4. The number of nitrogens with zero attached hydrogens (tertiary/aromatic N) is 2. The van der Waals surface area contributed by atoms with Crippen molar-refractivity contribution in [1.82, 2.24) is 9.88 Å². The molecule has 110 valence electrons. The number of hydrogen-bond acceptors (Lipinski definition) is 2. The smallest absolute Gasteiger partial charge is 0.319 e. The molecule has 0 fully saturated rings. The van der Waals surface area contributed by atoms with Gasteiger partial charge in [-0.3, -0.25) is 0 Å². The van der Waals surface area contributed by atoms with Gasteiger partial charge < -0.3 is 15.2 Å². The number of nitriles is 1. The van der Waals surface area contributed by atoms with Gasteiger partial charge in [0.1, 0.15) is 0 Å². The van der Waals surface area contributed by atoms with E-state index in [1.54, 1.807) is 0 Å². The second kappa shape index (κ2) is 6.80. The monoisotopic (exact) mass is 284 g/mol. The fraction of sp³-hybridized carbons (Fsp3) is 0.375. The first-order valence-corrected chi connectivity index (χ1v) is 7.21. The van der Waals surface area contributed by atoms with E-state index in [1.165, 1.54) is 0 Å². The molecule has 0 saturated carbocycles. The van der Waals surface area contributed by atoms with Crippen molar-refractivity contribution in [3.05, 3.63) is 30.5 Å². The third-order valence-electron chi connectivity index (χ3n) is 3.54. The van der Waals surface area contributed by atoms with Crippen LogP contribution in [0.25, 0.3) is 10.9 Å². The minimum atomic E-state index is -0.272. The average molecular weight is 284 g/mol. The van der Waals surface area contributed by atoms with Crippen LogP contribution >= 0.6 is 0 Å². The third-order valence-corrected chi connectivity index (χ3v) is 3.54. The van der Waals surface area contributed by atoms with Gasteiger partial charge in [0.2, 0.25) is 0 Å². The molecule has 1 aromatic heterocycles. The Labute approximate surface area is 124 Å². The fourth-order valence-corrected chi connectivity index (χ4v) is 2.30. The maximum Gasteiger partial charge on any atom is 0.319 e. The molecule has 2 amide bonds. The molecule has 2 rings (SSSR count). The highest BCUT2D eigenvalue weighted by molar-refractivity contribution is 5.93. The zero-order chi connectivity index (χ0) is 15.2. The summed E-state index contributed by atoms with van der Waals surface area (Å²) >= 11 is 0. The van der Waals surface area contributed by atoms with E-state index in [1.807, 2.05) is 31.3 Å². The van der Waals surface area contributed by atoms with Gasteiger partial charge in [0.15, 0.2) is 0 Å². The number of urea groups is 1. The van der Waals surface area contributed by atoms with Gasteiger partial charge in [0.05, 0.1) is 18.0 Å². The summed E-state index contributed by atoms with van der Waals surface area (Å²) in [6.07, 6.45) is 3.09. The van der Waals surface area contributed by atoms with E-state index in [2.05, 4.69) is 34.3 Å². The first-order chi connectivity index (χ1) is 10.2. The van der Waals surface area contributed by atoms with Crippen LogP contribution in [0.2, 0.25) is 0 Å². The van der Waals surface area contributed by atoms with Crippen LogP contribution in [0.3, 0.4) is 0 Å². The number of carbonyl (C=O) groups excluding carboxylic acids is 1. The summed E-state index contributed by atoms with van der Waals surface area (Å²) in [6, 6.07) is 9.59. The van der Waals surface area contributed by atoms with Gasteiger partial charge in [0.25, 0.3) is 0 Å². The van der Waals surface area contributed by atoms with Crippen molar-refractivity contribution in [2.24, 2.45) is 0 Å². The third kappa shape index (κ3) is 3.54. The van der Waals surface area contributed by atoms with Crippen molar-refractivity contribution >= 4 is 22.6 Å². The van der Waals surface area contributed by atoms with Crippen LogP contribution in [-0.2, 0) is 6.54 Å². The number of rotatable bonds is 5. The summed E-state index contributed by atoms with van der Waals surface area (Å²) in [4.78, 5) is 11.9. The molecular formula is C16H20N4O. The van der Waals surface area contributed by atoms with E-state index in [4.69, 9.17) is 5.26 Å². The van der Waals surface area contributed by atoms with Gasteiger partial charge in [-0.2, -0.15) is 5.26 Å². The molecule has 1 unspecified atom stereocenters. The van der Waals surface area contributed by atoms with E-state index >= 15 is 0 Å². The number of aromatic nitrogens is 1. The Kier molecular flexibility index (Phi) is 4.83. The van der Waals surface area contributed by atoms with Gasteiger partial charge in [-0.15, -0.1) is 0 Å². The molecule has 0 spiro atoms. The molecule has 0 bridgehead atoms. The fourth-order valence-electron chi connectivity index (χ4n) is 2.30. The SMILES string of the molecule is CCC(CC#N)NC(=O)Nc1ccc2ccn(CC)c2c1. The molecule has 2 N–H and O–H groups in total. The summed E-state index contributed by atoms with van der Waals surface area (Å²) in [5.74, 6) is 0. The Morgan fingerprint density at radius 3 is 2.86 bits per heavy atom. The number of carbonyl (C=O) groups is 1. The van der Waals surface area contributed by atoms with Crippen LogP contribution in [0.1, 0.15) is 26.7 Å². The summed E-state index contributed by atoms with van der Waals surface area (Å²) in [5.41, 5.74) is 1.85. The van der Waals surface area contributed by atoms with E-state index in [-0.39, 0.29) is 12.1 Å². The lowest BCUT2D eigenvalue weighted by atomic mass is 10.2. The predicted molar refractivity (Wildman–Crippen MR) is 84.1 cm³/mol. The number of fused-ring (bicyclic) bond motifs is 1. The first kappa shape index (κ1) is 14.9. The molecule has 1 heterocycles. The highest BCUT2D eigenvalue weighted by Gasteiger charge is 2.10. The van der Waals surface area contributed by atoms with E-state index in [9.17, 15) is 4.79 Å². The van der Waals surface area contributed by atoms with Crippen LogP contribution < -0.4 is 10.6 Å².